The number of benzene rings is 1. The molecule has 0 aliphatic rings. The third-order valence-corrected chi connectivity index (χ3v) is 2.13. The van der Waals surface area contributed by atoms with Crippen LogP contribution in [0.25, 0.3) is 6.08 Å². The van der Waals surface area contributed by atoms with Crippen LogP contribution < -0.4 is 0 Å². The van der Waals surface area contributed by atoms with E-state index in [1.165, 1.54) is 0 Å². The fourth-order valence-corrected chi connectivity index (χ4v) is 1.07. The van der Waals surface area contributed by atoms with Crippen molar-refractivity contribution in [1.82, 2.24) is 0 Å². The van der Waals surface area contributed by atoms with Crippen LogP contribution in [0, 0.1) is 5.92 Å². The predicted octanol–water partition coefficient (Wildman–Crippen LogP) is 3.58. The van der Waals surface area contributed by atoms with E-state index in [0.29, 0.717) is 5.02 Å². The third-order valence-electron chi connectivity index (χ3n) is 1.88. The molecular formula is C12H13ClO. The minimum Gasteiger partial charge on any atom is -0.295 e. The Morgan fingerprint density at radius 1 is 1.29 bits per heavy atom. The zero-order valence-electron chi connectivity index (χ0n) is 8.33. The predicted molar refractivity (Wildman–Crippen MR) is 60.3 cm³/mol. The summed E-state index contributed by atoms with van der Waals surface area (Å²) in [5.41, 5.74) is 0.989. The van der Waals surface area contributed by atoms with Gasteiger partial charge in [0.25, 0.3) is 0 Å². The van der Waals surface area contributed by atoms with Gasteiger partial charge in [-0.15, -0.1) is 0 Å². The highest BCUT2D eigenvalue weighted by molar-refractivity contribution is 6.30. The van der Waals surface area contributed by atoms with Crippen molar-refractivity contribution in [3.05, 3.63) is 40.9 Å². The maximum atomic E-state index is 11.3. The Balaban J connectivity index is 2.69. The molecule has 0 saturated heterocycles. The van der Waals surface area contributed by atoms with Gasteiger partial charge in [-0.1, -0.05) is 43.7 Å². The lowest BCUT2D eigenvalue weighted by atomic mass is 10.1. The monoisotopic (exact) mass is 208 g/mol. The van der Waals surface area contributed by atoms with Crippen molar-refractivity contribution in [2.24, 2.45) is 5.92 Å². The van der Waals surface area contributed by atoms with Crippen LogP contribution in [0.1, 0.15) is 19.4 Å². The van der Waals surface area contributed by atoms with Crippen molar-refractivity contribution in [3.8, 4) is 0 Å². The molecular weight excluding hydrogens is 196 g/mol. The van der Waals surface area contributed by atoms with Gasteiger partial charge >= 0.3 is 0 Å². The number of hydrogen-bond acceptors (Lipinski definition) is 1. The second-order valence-corrected chi connectivity index (χ2v) is 3.88. The largest absolute Gasteiger partial charge is 0.295 e. The Morgan fingerprint density at radius 2 is 1.86 bits per heavy atom. The van der Waals surface area contributed by atoms with Crippen molar-refractivity contribution >= 4 is 23.5 Å². The molecule has 0 radical (unpaired) electrons. The number of carbonyl (C=O) groups is 1. The first-order valence-electron chi connectivity index (χ1n) is 4.57. The number of rotatable bonds is 3. The summed E-state index contributed by atoms with van der Waals surface area (Å²) in [4.78, 5) is 11.3. The molecule has 0 unspecified atom stereocenters. The van der Waals surface area contributed by atoms with Crippen molar-refractivity contribution in [2.75, 3.05) is 0 Å². The molecule has 0 saturated carbocycles. The van der Waals surface area contributed by atoms with Gasteiger partial charge in [0.15, 0.2) is 5.78 Å². The van der Waals surface area contributed by atoms with E-state index in [9.17, 15) is 4.79 Å². The van der Waals surface area contributed by atoms with Crippen molar-refractivity contribution < 1.29 is 4.79 Å². The molecule has 1 rings (SSSR count). The molecule has 0 spiro atoms. The molecule has 0 atom stereocenters. The van der Waals surface area contributed by atoms with E-state index in [1.54, 1.807) is 24.3 Å². The van der Waals surface area contributed by atoms with Crippen LogP contribution in [-0.2, 0) is 4.79 Å². The lowest BCUT2D eigenvalue weighted by Crippen LogP contribution is -2.01. The van der Waals surface area contributed by atoms with Crippen LogP contribution in [0.2, 0.25) is 5.02 Å². The summed E-state index contributed by atoms with van der Waals surface area (Å²) in [7, 11) is 0. The number of allylic oxidation sites excluding steroid dienone is 1. The molecule has 0 heterocycles. The molecule has 0 bridgehead atoms. The van der Waals surface area contributed by atoms with Crippen LogP contribution in [-0.4, -0.2) is 5.78 Å². The summed E-state index contributed by atoms with van der Waals surface area (Å²) in [5, 5.41) is 0.706. The van der Waals surface area contributed by atoms with E-state index in [4.69, 9.17) is 11.6 Å². The van der Waals surface area contributed by atoms with Gasteiger partial charge in [-0.2, -0.15) is 0 Å². The Labute approximate surface area is 89.4 Å². The van der Waals surface area contributed by atoms with Crippen LogP contribution in [0.4, 0.5) is 0 Å². The van der Waals surface area contributed by atoms with E-state index in [1.807, 2.05) is 26.0 Å². The second-order valence-electron chi connectivity index (χ2n) is 3.44. The fraction of sp³-hybridized carbons (Fsp3) is 0.250. The number of halogens is 1. The Morgan fingerprint density at radius 3 is 2.36 bits per heavy atom. The molecule has 0 fully saturated rings. The Hall–Kier alpha value is -1.08. The van der Waals surface area contributed by atoms with E-state index in [-0.39, 0.29) is 11.7 Å². The second kappa shape index (κ2) is 4.97. The van der Waals surface area contributed by atoms with Gasteiger partial charge in [0, 0.05) is 10.9 Å². The molecule has 0 aliphatic heterocycles. The highest BCUT2D eigenvalue weighted by Gasteiger charge is 2.00. The topological polar surface area (TPSA) is 17.1 Å². The quantitative estimate of drug-likeness (QED) is 0.694. The molecule has 1 aromatic rings. The average Bonchev–Trinajstić information content (AvgIpc) is 2.16. The van der Waals surface area contributed by atoms with E-state index >= 15 is 0 Å². The van der Waals surface area contributed by atoms with Gasteiger partial charge in [-0.25, -0.2) is 0 Å². The third kappa shape index (κ3) is 3.35. The van der Waals surface area contributed by atoms with Gasteiger partial charge in [0.1, 0.15) is 0 Å². The Bertz CT molecular complexity index is 336. The minimum absolute atomic E-state index is 0.0542. The standard InChI is InChI=1S/C12H13ClO/c1-9(2)12(14)8-5-10-3-6-11(13)7-4-10/h3-9H,1-2H3. The van der Waals surface area contributed by atoms with Gasteiger partial charge in [-0.3, -0.25) is 4.79 Å². The maximum absolute atomic E-state index is 11.3. The maximum Gasteiger partial charge on any atom is 0.158 e. The van der Waals surface area contributed by atoms with E-state index in [0.717, 1.165) is 5.56 Å². The fourth-order valence-electron chi connectivity index (χ4n) is 0.945. The smallest absolute Gasteiger partial charge is 0.158 e. The molecule has 0 aliphatic carbocycles. The molecule has 14 heavy (non-hydrogen) atoms. The van der Waals surface area contributed by atoms with Crippen LogP contribution in [0.5, 0.6) is 0 Å². The van der Waals surface area contributed by atoms with Crippen LogP contribution in [0.3, 0.4) is 0 Å². The molecule has 1 nitrogen and oxygen atoms in total. The van der Waals surface area contributed by atoms with Gasteiger partial charge < -0.3 is 0 Å². The molecule has 0 aromatic heterocycles. The lowest BCUT2D eigenvalue weighted by Gasteiger charge is -1.97. The first kappa shape index (κ1) is 11.0. The summed E-state index contributed by atoms with van der Waals surface area (Å²) in [5.74, 6) is 0.193. The van der Waals surface area contributed by atoms with Gasteiger partial charge in [0.2, 0.25) is 0 Å². The summed E-state index contributed by atoms with van der Waals surface area (Å²) in [6.45, 7) is 3.77. The van der Waals surface area contributed by atoms with Gasteiger partial charge in [0.05, 0.1) is 0 Å². The summed E-state index contributed by atoms with van der Waals surface area (Å²) in [6.07, 6.45) is 3.41. The number of ketones is 1. The summed E-state index contributed by atoms with van der Waals surface area (Å²) < 4.78 is 0. The average molecular weight is 209 g/mol. The Kier molecular flexibility index (Phi) is 3.90. The van der Waals surface area contributed by atoms with E-state index < -0.39 is 0 Å². The van der Waals surface area contributed by atoms with Crippen LogP contribution >= 0.6 is 11.6 Å². The summed E-state index contributed by atoms with van der Waals surface area (Å²) >= 11 is 5.73. The first-order chi connectivity index (χ1) is 6.59. The highest BCUT2D eigenvalue weighted by atomic mass is 35.5. The molecule has 2 heteroatoms. The zero-order chi connectivity index (χ0) is 10.6. The normalized spacial score (nSPS) is 11.1. The number of carbonyl (C=O) groups excluding carboxylic acids is 1. The van der Waals surface area contributed by atoms with Crippen molar-refractivity contribution in [1.29, 1.82) is 0 Å². The highest BCUT2D eigenvalue weighted by Crippen LogP contribution is 2.11. The molecule has 74 valence electrons. The summed E-state index contributed by atoms with van der Waals surface area (Å²) in [6, 6.07) is 7.38. The minimum atomic E-state index is 0.0542. The number of hydrogen-bond donors (Lipinski definition) is 0. The zero-order valence-corrected chi connectivity index (χ0v) is 9.08. The first-order valence-corrected chi connectivity index (χ1v) is 4.95. The van der Waals surface area contributed by atoms with Crippen molar-refractivity contribution in [3.63, 3.8) is 0 Å². The van der Waals surface area contributed by atoms with Crippen LogP contribution in [0.15, 0.2) is 30.3 Å². The van der Waals surface area contributed by atoms with E-state index in [2.05, 4.69) is 0 Å². The molecule has 0 N–H and O–H groups in total. The molecule has 1 aromatic carbocycles. The van der Waals surface area contributed by atoms with Crippen molar-refractivity contribution in [2.45, 2.75) is 13.8 Å². The molecule has 0 amide bonds. The lowest BCUT2D eigenvalue weighted by molar-refractivity contribution is -0.117. The SMILES string of the molecule is CC(C)C(=O)C=Cc1ccc(Cl)cc1. The van der Waals surface area contributed by atoms with Gasteiger partial charge in [-0.05, 0) is 23.8 Å².